The van der Waals surface area contributed by atoms with Crippen LogP contribution >= 0.6 is 11.3 Å². The lowest BCUT2D eigenvalue weighted by atomic mass is 9.85. The fourth-order valence-corrected chi connectivity index (χ4v) is 9.66. The van der Waals surface area contributed by atoms with Crippen molar-refractivity contribution in [3.63, 3.8) is 0 Å². The van der Waals surface area contributed by atoms with Crippen LogP contribution in [0.25, 0.3) is 119 Å². The van der Waals surface area contributed by atoms with E-state index in [1.54, 1.807) is 6.26 Å². The monoisotopic (exact) mass is 656 g/mol. The first-order valence-electron chi connectivity index (χ1n) is 16.8. The third kappa shape index (κ3) is 3.43. The van der Waals surface area contributed by atoms with Crippen LogP contribution in [0.15, 0.2) is 159 Å². The number of thiophene rings is 1. The first-order valence-corrected chi connectivity index (χ1v) is 17.6. The Morgan fingerprint density at radius 1 is 0.400 bits per heavy atom. The van der Waals surface area contributed by atoms with E-state index in [1.807, 2.05) is 29.5 Å². The minimum absolute atomic E-state index is 0.844. The fraction of sp³-hybridized carbons (Fsp3) is 0. The summed E-state index contributed by atoms with van der Waals surface area (Å²) in [4.78, 5) is 0. The Morgan fingerprint density at radius 2 is 1.00 bits per heavy atom. The summed E-state index contributed by atoms with van der Waals surface area (Å²) < 4.78 is 21.8. The van der Waals surface area contributed by atoms with Crippen molar-refractivity contribution in [1.29, 1.82) is 0 Å². The molecule has 0 unspecified atom stereocenters. The highest BCUT2D eigenvalue weighted by molar-refractivity contribution is 7.26. The van der Waals surface area contributed by atoms with Crippen molar-refractivity contribution < 1.29 is 13.3 Å². The zero-order chi connectivity index (χ0) is 32.5. The molecule has 0 atom stereocenters. The molecule has 4 aromatic heterocycles. The molecule has 0 N–H and O–H groups in total. The van der Waals surface area contributed by atoms with Gasteiger partial charge in [0.1, 0.15) is 27.9 Å². The lowest BCUT2D eigenvalue weighted by Crippen LogP contribution is -1.91. The topological polar surface area (TPSA) is 39.4 Å². The number of fused-ring (bicyclic) bond motifs is 13. The molecular weight excluding hydrogens is 633 g/mol. The largest absolute Gasteiger partial charge is 0.464 e. The fourth-order valence-electron chi connectivity index (χ4n) is 8.41. The SMILES string of the molecule is c1ccc2c(c1)oc1c2cc(-c2c3ccccc3c(-c3cccc4c3sc3cc5ccoc5cc34)c3ccccc23)c2oc3ccccc3c21. The van der Waals surface area contributed by atoms with Gasteiger partial charge in [-0.3, -0.25) is 0 Å². The van der Waals surface area contributed by atoms with Crippen molar-refractivity contribution in [2.45, 2.75) is 0 Å². The molecule has 0 aliphatic carbocycles. The molecule has 0 fully saturated rings. The molecule has 12 rings (SSSR count). The van der Waals surface area contributed by atoms with E-state index in [0.717, 1.165) is 60.4 Å². The highest BCUT2D eigenvalue weighted by Crippen LogP contribution is 2.51. The van der Waals surface area contributed by atoms with Gasteiger partial charge >= 0.3 is 0 Å². The van der Waals surface area contributed by atoms with Gasteiger partial charge in [0.15, 0.2) is 0 Å². The van der Waals surface area contributed by atoms with E-state index < -0.39 is 0 Å². The van der Waals surface area contributed by atoms with Gasteiger partial charge in [-0.05, 0) is 63.5 Å². The highest BCUT2D eigenvalue weighted by Gasteiger charge is 2.25. The Kier molecular flexibility index (Phi) is 5.12. The van der Waals surface area contributed by atoms with Crippen molar-refractivity contribution in [3.05, 3.63) is 146 Å². The lowest BCUT2D eigenvalue weighted by Gasteiger charge is -2.18. The van der Waals surface area contributed by atoms with Crippen molar-refractivity contribution in [2.24, 2.45) is 0 Å². The van der Waals surface area contributed by atoms with E-state index in [2.05, 4.69) is 121 Å². The number of hydrogen-bond donors (Lipinski definition) is 0. The number of benzene rings is 8. The summed E-state index contributed by atoms with van der Waals surface area (Å²) in [5.74, 6) is 0. The van der Waals surface area contributed by atoms with Crippen molar-refractivity contribution in [1.82, 2.24) is 0 Å². The smallest absolute Gasteiger partial charge is 0.147 e. The number of hydrogen-bond acceptors (Lipinski definition) is 4. The summed E-state index contributed by atoms with van der Waals surface area (Å²) >= 11 is 1.86. The van der Waals surface area contributed by atoms with Gasteiger partial charge in [0, 0.05) is 58.4 Å². The number of furan rings is 3. The summed E-state index contributed by atoms with van der Waals surface area (Å²) in [6.45, 7) is 0. The summed E-state index contributed by atoms with van der Waals surface area (Å²) in [7, 11) is 0. The molecule has 0 saturated carbocycles. The first kappa shape index (κ1) is 26.6. The maximum Gasteiger partial charge on any atom is 0.147 e. The van der Waals surface area contributed by atoms with Crippen LogP contribution in [0, 0.1) is 0 Å². The Morgan fingerprint density at radius 3 is 1.74 bits per heavy atom. The van der Waals surface area contributed by atoms with Gasteiger partial charge in [-0.25, -0.2) is 0 Å². The van der Waals surface area contributed by atoms with Crippen LogP contribution in [0.2, 0.25) is 0 Å². The summed E-state index contributed by atoms with van der Waals surface area (Å²) in [6.07, 6.45) is 1.77. The molecule has 12 aromatic rings. The molecule has 232 valence electrons. The molecule has 3 nitrogen and oxygen atoms in total. The van der Waals surface area contributed by atoms with Gasteiger partial charge in [-0.1, -0.05) is 103 Å². The van der Waals surface area contributed by atoms with E-state index in [1.165, 1.54) is 58.4 Å². The van der Waals surface area contributed by atoms with Crippen LogP contribution in [-0.4, -0.2) is 0 Å². The zero-order valence-electron chi connectivity index (χ0n) is 26.5. The van der Waals surface area contributed by atoms with Crippen molar-refractivity contribution >= 4 is 108 Å². The minimum atomic E-state index is 0.844. The Balaban J connectivity index is 1.25. The van der Waals surface area contributed by atoms with E-state index in [0.29, 0.717) is 0 Å². The van der Waals surface area contributed by atoms with E-state index in [-0.39, 0.29) is 0 Å². The molecular formula is C46H24O3S. The second-order valence-electron chi connectivity index (χ2n) is 13.1. The summed E-state index contributed by atoms with van der Waals surface area (Å²) in [5.41, 5.74) is 9.07. The van der Waals surface area contributed by atoms with E-state index in [4.69, 9.17) is 13.3 Å². The van der Waals surface area contributed by atoms with Gasteiger partial charge in [0.05, 0.1) is 11.6 Å². The summed E-state index contributed by atoms with van der Waals surface area (Å²) in [5, 5.41) is 12.7. The molecule has 4 heteroatoms. The predicted octanol–water partition coefficient (Wildman–Crippen LogP) is 14.2. The molecule has 0 aliphatic rings. The van der Waals surface area contributed by atoms with E-state index in [9.17, 15) is 0 Å². The Hall–Kier alpha value is -6.36. The normalized spacial score (nSPS) is 12.4. The van der Waals surface area contributed by atoms with Gasteiger partial charge in [-0.2, -0.15) is 0 Å². The minimum Gasteiger partial charge on any atom is -0.464 e. The predicted molar refractivity (Wildman–Crippen MR) is 210 cm³/mol. The van der Waals surface area contributed by atoms with Crippen LogP contribution in [0.1, 0.15) is 0 Å². The Labute approximate surface area is 288 Å². The Bertz CT molecular complexity index is 3330. The maximum absolute atomic E-state index is 6.81. The second kappa shape index (κ2) is 9.63. The third-order valence-electron chi connectivity index (χ3n) is 10.5. The molecule has 0 bridgehead atoms. The molecule has 50 heavy (non-hydrogen) atoms. The molecule has 0 spiro atoms. The van der Waals surface area contributed by atoms with Gasteiger partial charge in [0.25, 0.3) is 0 Å². The number of para-hydroxylation sites is 2. The van der Waals surface area contributed by atoms with Crippen LogP contribution in [0.3, 0.4) is 0 Å². The number of rotatable bonds is 2. The third-order valence-corrected chi connectivity index (χ3v) is 11.7. The van der Waals surface area contributed by atoms with Crippen LogP contribution in [-0.2, 0) is 0 Å². The first-order chi connectivity index (χ1) is 24.8. The van der Waals surface area contributed by atoms with Gasteiger partial charge in [0.2, 0.25) is 0 Å². The molecule has 0 aliphatic heterocycles. The average Bonchev–Trinajstić information content (AvgIpc) is 3.95. The van der Waals surface area contributed by atoms with E-state index >= 15 is 0 Å². The zero-order valence-corrected chi connectivity index (χ0v) is 27.3. The molecule has 4 heterocycles. The molecule has 8 aromatic carbocycles. The summed E-state index contributed by atoms with van der Waals surface area (Å²) in [6, 6.07) is 49.9. The van der Waals surface area contributed by atoms with Gasteiger partial charge in [-0.15, -0.1) is 11.3 Å². The van der Waals surface area contributed by atoms with Crippen LogP contribution in [0.4, 0.5) is 0 Å². The lowest BCUT2D eigenvalue weighted by molar-refractivity contribution is 0.616. The molecule has 0 radical (unpaired) electrons. The van der Waals surface area contributed by atoms with Crippen LogP contribution in [0.5, 0.6) is 0 Å². The molecule has 0 saturated heterocycles. The van der Waals surface area contributed by atoms with Crippen molar-refractivity contribution in [2.75, 3.05) is 0 Å². The maximum atomic E-state index is 6.81. The van der Waals surface area contributed by atoms with Crippen molar-refractivity contribution in [3.8, 4) is 22.3 Å². The van der Waals surface area contributed by atoms with Gasteiger partial charge < -0.3 is 13.3 Å². The standard InChI is InChI=1S/C46H24O3S/c1-3-13-29-27(11-1)41(33-17-9-16-31-34-24-39-25(20-21-47-39)22-40(34)50-46(31)33)28-12-2-4-14-30(28)42(29)36-23-35-26-10-5-7-18-37(26)48-44(35)43-32-15-6-8-19-38(32)49-45(36)43/h1-24H. The second-order valence-corrected chi connectivity index (χ2v) is 14.2. The molecule has 0 amide bonds. The quantitative estimate of drug-likeness (QED) is 0.174. The van der Waals surface area contributed by atoms with Crippen LogP contribution < -0.4 is 0 Å². The highest BCUT2D eigenvalue weighted by atomic mass is 32.1. The average molecular weight is 657 g/mol.